The van der Waals surface area contributed by atoms with Crippen molar-refractivity contribution in [3.63, 3.8) is 0 Å². The molecule has 5 aromatic rings. The molecule has 0 aliphatic carbocycles. The molecule has 0 radical (unpaired) electrons. The molecule has 2 atom stereocenters. The fourth-order valence-electron chi connectivity index (χ4n) is 7.21. The van der Waals surface area contributed by atoms with Crippen LogP contribution in [0, 0.1) is 17.8 Å². The Morgan fingerprint density at radius 2 is 1.76 bits per heavy atom. The van der Waals surface area contributed by atoms with Gasteiger partial charge in [0, 0.05) is 30.5 Å². The Hall–Kier alpha value is -3.80. The second-order valence-electron chi connectivity index (χ2n) is 13.1. The topological polar surface area (TPSA) is 135 Å². The number of aliphatic hydroxyl groups is 2. The van der Waals surface area contributed by atoms with Gasteiger partial charge in [-0.05, 0) is 71.5 Å². The number of carbonyl (C=O) groups excluding carboxylic acids is 1. The van der Waals surface area contributed by atoms with Gasteiger partial charge in [-0.2, -0.15) is 0 Å². The maximum atomic E-state index is 13.7. The Morgan fingerprint density at radius 3 is 2.43 bits per heavy atom. The number of rotatable bonds is 11. The van der Waals surface area contributed by atoms with Crippen molar-refractivity contribution in [2.45, 2.75) is 37.0 Å². The first-order chi connectivity index (χ1) is 23.7. The van der Waals surface area contributed by atoms with Crippen molar-refractivity contribution in [2.24, 2.45) is 5.92 Å². The monoisotopic (exact) mass is 715 g/mol. The number of hydrogen-bond donors (Lipinski definition) is 6. The van der Waals surface area contributed by atoms with Gasteiger partial charge in [0.25, 0.3) is 5.91 Å². The third-order valence-electron chi connectivity index (χ3n) is 9.98. The number of aliphatic hydroxyl groups excluding tert-OH is 1. The van der Waals surface area contributed by atoms with E-state index in [0.717, 1.165) is 72.4 Å². The zero-order valence-corrected chi connectivity index (χ0v) is 29.3. The Balaban J connectivity index is 0.913. The molecule has 254 valence electrons. The van der Waals surface area contributed by atoms with E-state index in [1.165, 1.54) is 28.7 Å². The third kappa shape index (κ3) is 6.98. The summed E-state index contributed by atoms with van der Waals surface area (Å²) in [5.41, 5.74) is 1.41. The van der Waals surface area contributed by atoms with Gasteiger partial charge in [-0.1, -0.05) is 47.6 Å². The minimum absolute atomic E-state index is 0.000697. The van der Waals surface area contributed by atoms with Crippen LogP contribution in [0.3, 0.4) is 0 Å². The van der Waals surface area contributed by atoms with Crippen LogP contribution in [0.1, 0.15) is 45.4 Å². The van der Waals surface area contributed by atoms with Crippen LogP contribution >= 0.6 is 34.0 Å². The molecular weight excluding hydrogens is 677 g/mol. The summed E-state index contributed by atoms with van der Waals surface area (Å²) in [6, 6.07) is 18.8. The molecule has 49 heavy (non-hydrogen) atoms. The van der Waals surface area contributed by atoms with Crippen LogP contribution in [0.5, 0.6) is 5.75 Å². The number of nitrogens with zero attached hydrogens (tertiary/aromatic N) is 1. The van der Waals surface area contributed by atoms with Gasteiger partial charge in [0.1, 0.15) is 24.4 Å². The second kappa shape index (κ2) is 14.2. The van der Waals surface area contributed by atoms with E-state index in [9.17, 15) is 24.9 Å². The number of aromatic amines is 1. The number of aromatic nitrogens is 1. The number of phenolic OH excluding ortho intramolecular Hbond substituents is 1. The van der Waals surface area contributed by atoms with Crippen molar-refractivity contribution in [1.82, 2.24) is 15.6 Å². The van der Waals surface area contributed by atoms with E-state index in [0.29, 0.717) is 44.5 Å². The van der Waals surface area contributed by atoms with Gasteiger partial charge >= 0.3 is 4.87 Å². The smallest absolute Gasteiger partial charge is 0.305 e. The van der Waals surface area contributed by atoms with Gasteiger partial charge in [0.2, 0.25) is 5.60 Å². The zero-order valence-electron chi connectivity index (χ0n) is 26.9. The van der Waals surface area contributed by atoms with E-state index in [1.54, 1.807) is 6.07 Å². The summed E-state index contributed by atoms with van der Waals surface area (Å²) in [5.74, 6) is 6.85. The van der Waals surface area contributed by atoms with Crippen LogP contribution in [0.4, 0.5) is 0 Å². The highest BCUT2D eigenvalue weighted by Gasteiger charge is 2.49. The summed E-state index contributed by atoms with van der Waals surface area (Å²) < 4.78 is 1.43. The first-order valence-electron chi connectivity index (χ1n) is 16.5. The lowest BCUT2D eigenvalue weighted by Crippen LogP contribution is -2.68. The molecule has 3 fully saturated rings. The summed E-state index contributed by atoms with van der Waals surface area (Å²) in [6.45, 7) is 4.64. The lowest BCUT2D eigenvalue weighted by Gasteiger charge is -2.52. The minimum atomic E-state index is -1.68. The predicted molar refractivity (Wildman–Crippen MR) is 195 cm³/mol. The number of thiazole rings is 1. The van der Waals surface area contributed by atoms with Crippen LogP contribution in [-0.4, -0.2) is 76.0 Å². The maximum Gasteiger partial charge on any atom is 0.305 e. The normalized spacial score (nSPS) is 20.9. The molecule has 3 aromatic heterocycles. The molecule has 1 amide bonds. The Bertz CT molecular complexity index is 1980. The van der Waals surface area contributed by atoms with Crippen molar-refractivity contribution >= 4 is 50.1 Å². The maximum absolute atomic E-state index is 13.7. The molecule has 12 heteroatoms. The van der Waals surface area contributed by atoms with E-state index in [2.05, 4.69) is 39.6 Å². The molecule has 3 aliphatic heterocycles. The average Bonchev–Trinajstić information content (AvgIpc) is 3.91. The number of carbonyl (C=O) groups is 1. The molecule has 0 spiro atoms. The number of fused-ring (bicyclic) bond motifs is 4. The number of H-pyrrole nitrogens is 1. The molecule has 2 bridgehead atoms. The lowest BCUT2D eigenvalue weighted by atomic mass is 9.81. The molecule has 2 aromatic carbocycles. The van der Waals surface area contributed by atoms with Gasteiger partial charge in [0.15, 0.2) is 0 Å². The summed E-state index contributed by atoms with van der Waals surface area (Å²) in [6.07, 6.45) is 2.05. The van der Waals surface area contributed by atoms with Gasteiger partial charge in [-0.15, -0.1) is 22.7 Å². The Labute approximate surface area is 296 Å². The SMILES string of the molecule is O=C(N[C@H]1C[N+]2(CC#Cc3ccc(CCNC[C@H](O)c4ccc(O)c5[nH]c(=O)sc45)cc3)CCC1CC2)C(O)(c1cccs1)c1cccs1. The highest BCUT2D eigenvalue weighted by Crippen LogP contribution is 2.38. The van der Waals surface area contributed by atoms with E-state index in [1.807, 2.05) is 47.2 Å². The fraction of sp³-hybridized carbons (Fsp3) is 0.351. The molecule has 6 N–H and O–H groups in total. The molecule has 0 unspecified atom stereocenters. The number of thiophene rings is 2. The van der Waals surface area contributed by atoms with Gasteiger partial charge in [-0.3, -0.25) is 9.59 Å². The van der Waals surface area contributed by atoms with Gasteiger partial charge in [-0.25, -0.2) is 0 Å². The highest BCUT2D eigenvalue weighted by atomic mass is 32.1. The van der Waals surface area contributed by atoms with E-state index in [-0.39, 0.29) is 22.6 Å². The van der Waals surface area contributed by atoms with Crippen LogP contribution in [0.2, 0.25) is 0 Å². The molecule has 3 saturated heterocycles. The number of quaternary nitrogens is 1. The van der Waals surface area contributed by atoms with Crippen LogP contribution in [0.25, 0.3) is 10.2 Å². The highest BCUT2D eigenvalue weighted by molar-refractivity contribution is 7.16. The number of aromatic hydroxyl groups is 1. The minimum Gasteiger partial charge on any atom is -0.506 e. The lowest BCUT2D eigenvalue weighted by molar-refractivity contribution is -0.937. The van der Waals surface area contributed by atoms with Crippen molar-refractivity contribution in [2.75, 3.05) is 39.3 Å². The number of benzene rings is 2. The average molecular weight is 716 g/mol. The van der Waals surface area contributed by atoms with Crippen molar-refractivity contribution in [3.8, 4) is 17.6 Å². The summed E-state index contributed by atoms with van der Waals surface area (Å²) in [7, 11) is 0. The van der Waals surface area contributed by atoms with E-state index >= 15 is 0 Å². The van der Waals surface area contributed by atoms with Crippen molar-refractivity contribution in [3.05, 3.63) is 108 Å². The number of nitrogens with one attached hydrogen (secondary N) is 3. The molecule has 6 heterocycles. The van der Waals surface area contributed by atoms with Gasteiger partial charge < -0.3 is 35.4 Å². The summed E-state index contributed by atoms with van der Waals surface area (Å²) >= 11 is 3.77. The van der Waals surface area contributed by atoms with Crippen molar-refractivity contribution in [1.29, 1.82) is 0 Å². The van der Waals surface area contributed by atoms with Crippen LogP contribution < -0.4 is 15.5 Å². The Kier molecular flexibility index (Phi) is 9.77. The number of amides is 1. The first-order valence-corrected chi connectivity index (χ1v) is 19.1. The molecule has 9 nitrogen and oxygen atoms in total. The van der Waals surface area contributed by atoms with Gasteiger partial charge in [0.05, 0.1) is 39.7 Å². The number of phenols is 1. The predicted octanol–water partition coefficient (Wildman–Crippen LogP) is 4.30. The first kappa shape index (κ1) is 33.7. The second-order valence-corrected chi connectivity index (χ2v) is 16.0. The number of piperidine rings is 3. The fourth-order valence-corrected chi connectivity index (χ4v) is 9.86. The third-order valence-corrected chi connectivity index (χ3v) is 12.9. The zero-order chi connectivity index (χ0) is 34.0. The van der Waals surface area contributed by atoms with Crippen LogP contribution in [-0.2, 0) is 16.8 Å². The number of hydrogen-bond acceptors (Lipinski definition) is 9. The quantitative estimate of drug-likeness (QED) is 0.0687. The van der Waals surface area contributed by atoms with Crippen molar-refractivity contribution < 1.29 is 24.6 Å². The molecule has 0 saturated carbocycles. The largest absolute Gasteiger partial charge is 0.506 e. The summed E-state index contributed by atoms with van der Waals surface area (Å²) in [4.78, 5) is 29.1. The standard InChI is InChI=1S/C37H38N4O5S3/c42-29-12-11-27(34-33(29)40-36(45)49-34)30(43)22-38-16-13-25-9-7-24(8-10-25)4-1-17-41-18-14-26(15-19-41)28(23-41)39-35(44)37(46,31-5-2-20-47-31)32-6-3-21-48-32/h2-3,5-12,20-21,26,28,30,38,43,46H,13-19,22-23H2,(H2-,39,40,42,44,45)/p+1/t26?,28-,30-,41?/m0/s1. The molecular formula is C37H39N4O5S3+. The van der Waals surface area contributed by atoms with Crippen LogP contribution in [0.15, 0.2) is 76.2 Å². The molecule has 8 rings (SSSR count). The van der Waals surface area contributed by atoms with E-state index in [4.69, 9.17) is 0 Å². The molecule has 3 aliphatic rings. The summed E-state index contributed by atoms with van der Waals surface area (Å²) in [5, 5.41) is 42.8. The Morgan fingerprint density at radius 1 is 1.04 bits per heavy atom. The van der Waals surface area contributed by atoms with E-state index < -0.39 is 11.7 Å².